The molecule has 0 unspecified atom stereocenters. The molecule has 1 aliphatic heterocycles. The molecule has 1 fully saturated rings. The molecule has 1 aromatic heterocycles. The second-order valence-electron chi connectivity index (χ2n) is 7.83. The normalized spacial score (nSPS) is 14.4. The first-order valence-electron chi connectivity index (χ1n) is 10.7. The quantitative estimate of drug-likeness (QED) is 0.733. The lowest BCUT2D eigenvalue weighted by Gasteiger charge is -2.31. The molecule has 2 aromatic rings. The third-order valence-corrected chi connectivity index (χ3v) is 5.87. The lowest BCUT2D eigenvalue weighted by molar-refractivity contribution is -0.130. The lowest BCUT2D eigenvalue weighted by Crippen LogP contribution is -2.40. The summed E-state index contributed by atoms with van der Waals surface area (Å²) in [6.07, 6.45) is 1.44. The summed E-state index contributed by atoms with van der Waals surface area (Å²) in [6.45, 7) is 10.1. The van der Waals surface area contributed by atoms with Crippen molar-refractivity contribution in [3.05, 3.63) is 40.7 Å². The van der Waals surface area contributed by atoms with Gasteiger partial charge < -0.3 is 19.7 Å². The zero-order valence-electron chi connectivity index (χ0n) is 19.0. The SMILES string of the molecule is CCn1nc(C)c(CNC(=O)c2cc(OC)ccc2OC2CCN(C(C)=O)CC2)c1C. The van der Waals surface area contributed by atoms with Crippen molar-refractivity contribution in [2.45, 2.75) is 59.7 Å². The Labute approximate surface area is 183 Å². The highest BCUT2D eigenvalue weighted by Gasteiger charge is 2.24. The molecule has 0 spiro atoms. The van der Waals surface area contributed by atoms with E-state index in [1.165, 1.54) is 0 Å². The Balaban J connectivity index is 1.73. The van der Waals surface area contributed by atoms with Crippen LogP contribution < -0.4 is 14.8 Å². The molecule has 8 heteroatoms. The van der Waals surface area contributed by atoms with Crippen molar-refractivity contribution in [1.29, 1.82) is 0 Å². The smallest absolute Gasteiger partial charge is 0.255 e. The van der Waals surface area contributed by atoms with E-state index in [9.17, 15) is 9.59 Å². The number of benzene rings is 1. The number of hydrogen-bond acceptors (Lipinski definition) is 5. The standard InChI is InChI=1S/C23H32N4O4/c1-6-27-16(3)21(15(2)25-27)14-24-23(29)20-13-19(30-5)7-8-22(20)31-18-9-11-26(12-10-18)17(4)28/h7-8,13,18H,6,9-12,14H2,1-5H3,(H,24,29). The second kappa shape index (κ2) is 9.85. The number of rotatable bonds is 7. The number of ether oxygens (including phenoxy) is 2. The van der Waals surface area contributed by atoms with Crippen LogP contribution in [-0.4, -0.2) is 52.8 Å². The van der Waals surface area contributed by atoms with Gasteiger partial charge in [0.2, 0.25) is 5.91 Å². The number of piperidine rings is 1. The van der Waals surface area contributed by atoms with E-state index in [1.54, 1.807) is 32.2 Å². The molecule has 1 aromatic carbocycles. The first kappa shape index (κ1) is 22.7. The molecular weight excluding hydrogens is 396 g/mol. The van der Waals surface area contributed by atoms with Gasteiger partial charge in [-0.25, -0.2) is 0 Å². The number of carbonyl (C=O) groups is 2. The number of methoxy groups -OCH3 is 1. The minimum absolute atomic E-state index is 0.0391. The van der Waals surface area contributed by atoms with Gasteiger partial charge in [-0.3, -0.25) is 14.3 Å². The van der Waals surface area contributed by atoms with Crippen molar-refractivity contribution in [2.75, 3.05) is 20.2 Å². The van der Waals surface area contributed by atoms with Crippen molar-refractivity contribution in [2.24, 2.45) is 0 Å². The number of likely N-dealkylation sites (tertiary alicyclic amines) is 1. The third-order valence-electron chi connectivity index (χ3n) is 5.87. The molecule has 0 bridgehead atoms. The number of carbonyl (C=O) groups excluding carboxylic acids is 2. The maximum Gasteiger partial charge on any atom is 0.255 e. The Kier molecular flexibility index (Phi) is 7.20. The van der Waals surface area contributed by atoms with Crippen molar-refractivity contribution < 1.29 is 19.1 Å². The zero-order valence-corrected chi connectivity index (χ0v) is 19.0. The Bertz CT molecular complexity index is 945. The molecule has 2 heterocycles. The van der Waals surface area contributed by atoms with Crippen LogP contribution in [0, 0.1) is 13.8 Å². The summed E-state index contributed by atoms with van der Waals surface area (Å²) >= 11 is 0. The van der Waals surface area contributed by atoms with Gasteiger partial charge in [0.1, 0.15) is 17.6 Å². The van der Waals surface area contributed by atoms with Crippen LogP contribution in [0.15, 0.2) is 18.2 Å². The van der Waals surface area contributed by atoms with Crippen molar-refractivity contribution in [1.82, 2.24) is 20.0 Å². The molecule has 2 amide bonds. The van der Waals surface area contributed by atoms with Crippen LogP contribution in [0.1, 0.15) is 54.0 Å². The van der Waals surface area contributed by atoms with E-state index in [0.29, 0.717) is 36.7 Å². The summed E-state index contributed by atoms with van der Waals surface area (Å²) in [4.78, 5) is 26.4. The maximum absolute atomic E-state index is 13.1. The van der Waals surface area contributed by atoms with Gasteiger partial charge in [-0.1, -0.05) is 0 Å². The fourth-order valence-corrected chi connectivity index (χ4v) is 3.95. The Morgan fingerprint density at radius 1 is 1.23 bits per heavy atom. The van der Waals surface area contributed by atoms with Crippen LogP contribution in [0.5, 0.6) is 11.5 Å². The van der Waals surface area contributed by atoms with E-state index < -0.39 is 0 Å². The van der Waals surface area contributed by atoms with Gasteiger partial charge in [-0.15, -0.1) is 0 Å². The first-order valence-corrected chi connectivity index (χ1v) is 10.7. The van der Waals surface area contributed by atoms with Crippen LogP contribution in [0.3, 0.4) is 0 Å². The van der Waals surface area contributed by atoms with E-state index in [0.717, 1.165) is 36.3 Å². The number of amides is 2. The summed E-state index contributed by atoms with van der Waals surface area (Å²) in [5, 5.41) is 7.52. The third kappa shape index (κ3) is 5.18. The highest BCUT2D eigenvalue weighted by Crippen LogP contribution is 2.27. The van der Waals surface area contributed by atoms with Crippen LogP contribution in [0.2, 0.25) is 0 Å². The molecular formula is C23H32N4O4. The fraction of sp³-hybridized carbons (Fsp3) is 0.522. The van der Waals surface area contributed by atoms with Gasteiger partial charge in [0.15, 0.2) is 0 Å². The number of nitrogens with one attached hydrogen (secondary N) is 1. The van der Waals surface area contributed by atoms with Gasteiger partial charge in [0.05, 0.1) is 18.4 Å². The molecule has 0 radical (unpaired) electrons. The lowest BCUT2D eigenvalue weighted by atomic mass is 10.1. The molecule has 0 aliphatic carbocycles. The molecule has 3 rings (SSSR count). The van der Waals surface area contributed by atoms with E-state index in [2.05, 4.69) is 10.4 Å². The van der Waals surface area contributed by atoms with E-state index in [-0.39, 0.29) is 17.9 Å². The summed E-state index contributed by atoms with van der Waals surface area (Å²) in [5.74, 6) is 0.977. The van der Waals surface area contributed by atoms with Crippen molar-refractivity contribution in [3.8, 4) is 11.5 Å². The molecule has 1 saturated heterocycles. The second-order valence-corrected chi connectivity index (χ2v) is 7.83. The van der Waals surface area contributed by atoms with Crippen LogP contribution in [0.25, 0.3) is 0 Å². The highest BCUT2D eigenvalue weighted by molar-refractivity contribution is 5.97. The predicted octanol–water partition coefficient (Wildman–Crippen LogP) is 2.85. The van der Waals surface area contributed by atoms with E-state index in [1.807, 2.05) is 30.4 Å². The maximum atomic E-state index is 13.1. The Morgan fingerprint density at radius 3 is 2.52 bits per heavy atom. The van der Waals surface area contributed by atoms with Gasteiger partial charge in [-0.2, -0.15) is 5.10 Å². The summed E-state index contributed by atoms with van der Waals surface area (Å²) in [5.41, 5.74) is 3.43. The largest absolute Gasteiger partial charge is 0.497 e. The van der Waals surface area contributed by atoms with Crippen LogP contribution >= 0.6 is 0 Å². The van der Waals surface area contributed by atoms with Gasteiger partial charge in [0.25, 0.3) is 5.91 Å². The van der Waals surface area contributed by atoms with Gasteiger partial charge >= 0.3 is 0 Å². The Morgan fingerprint density at radius 2 is 1.94 bits per heavy atom. The van der Waals surface area contributed by atoms with Crippen molar-refractivity contribution >= 4 is 11.8 Å². The van der Waals surface area contributed by atoms with Crippen LogP contribution in [0.4, 0.5) is 0 Å². The predicted molar refractivity (Wildman–Crippen MR) is 117 cm³/mol. The number of aromatic nitrogens is 2. The molecule has 1 aliphatic rings. The molecule has 1 N–H and O–H groups in total. The zero-order chi connectivity index (χ0) is 22.5. The number of aryl methyl sites for hydroxylation is 2. The van der Waals surface area contributed by atoms with Crippen molar-refractivity contribution in [3.63, 3.8) is 0 Å². The summed E-state index contributed by atoms with van der Waals surface area (Å²) < 4.78 is 13.4. The monoisotopic (exact) mass is 428 g/mol. The van der Waals surface area contributed by atoms with Crippen LogP contribution in [-0.2, 0) is 17.9 Å². The first-order chi connectivity index (χ1) is 14.8. The summed E-state index contributed by atoms with van der Waals surface area (Å²) in [7, 11) is 1.57. The Hall–Kier alpha value is -3.03. The fourth-order valence-electron chi connectivity index (χ4n) is 3.95. The molecule has 8 nitrogen and oxygen atoms in total. The van der Waals surface area contributed by atoms with E-state index in [4.69, 9.17) is 9.47 Å². The molecule has 31 heavy (non-hydrogen) atoms. The molecule has 0 atom stereocenters. The minimum atomic E-state index is -0.224. The van der Waals surface area contributed by atoms with E-state index >= 15 is 0 Å². The molecule has 168 valence electrons. The average molecular weight is 429 g/mol. The minimum Gasteiger partial charge on any atom is -0.497 e. The number of nitrogens with zero attached hydrogens (tertiary/aromatic N) is 3. The number of hydrogen-bond donors (Lipinski definition) is 1. The average Bonchev–Trinajstić information content (AvgIpc) is 3.05. The summed E-state index contributed by atoms with van der Waals surface area (Å²) in [6, 6.07) is 5.26. The van der Waals surface area contributed by atoms with Gasteiger partial charge in [-0.05, 0) is 39.0 Å². The highest BCUT2D eigenvalue weighted by atomic mass is 16.5. The van der Waals surface area contributed by atoms with Gasteiger partial charge in [0, 0.05) is 57.2 Å². The topological polar surface area (TPSA) is 85.7 Å². The molecule has 0 saturated carbocycles.